The molecule has 1 aliphatic heterocycles. The van der Waals surface area contributed by atoms with Gasteiger partial charge in [0.05, 0.1) is 53.6 Å². The number of carbonyl (C=O) groups excluding carboxylic acids is 4. The Bertz CT molecular complexity index is 2290. The first kappa shape index (κ1) is 45.9. The molecule has 3 heterocycles. The monoisotopic (exact) mass is 863 g/mol. The maximum Gasteiger partial charge on any atom is 0.410 e. The zero-order valence-corrected chi connectivity index (χ0v) is 36.6. The van der Waals surface area contributed by atoms with E-state index in [9.17, 15) is 29.3 Å². The average molecular weight is 864 g/mol. The third-order valence-electron chi connectivity index (χ3n) is 9.56. The van der Waals surface area contributed by atoms with Gasteiger partial charge >= 0.3 is 18.0 Å². The molecule has 328 valence electrons. The predicted octanol–water partition coefficient (Wildman–Crippen LogP) is 6.01. The zero-order valence-electron chi connectivity index (χ0n) is 35.7. The lowest BCUT2D eigenvalue weighted by molar-refractivity contribution is -0.384. The number of anilines is 2. The Balaban J connectivity index is 1.33. The van der Waals surface area contributed by atoms with E-state index in [1.165, 1.54) is 32.0 Å². The number of imidazole rings is 1. The molecule has 20 heteroatoms. The van der Waals surface area contributed by atoms with Crippen LogP contribution < -0.4 is 15.4 Å². The molecular formula is C41H53N9O10S. The number of thioether (sulfide) groups is 1. The first-order valence-corrected chi connectivity index (χ1v) is 20.9. The van der Waals surface area contributed by atoms with Crippen molar-refractivity contribution in [3.63, 3.8) is 0 Å². The molecule has 2 N–H and O–H groups in total. The highest BCUT2D eigenvalue weighted by Gasteiger charge is 2.27. The number of aromatic nitrogens is 4. The fourth-order valence-corrected chi connectivity index (χ4v) is 7.33. The van der Waals surface area contributed by atoms with E-state index in [1.54, 1.807) is 51.4 Å². The molecule has 2 aromatic heterocycles. The summed E-state index contributed by atoms with van der Waals surface area (Å²) < 4.78 is 24.8. The molecule has 4 aromatic rings. The quantitative estimate of drug-likeness (QED) is 0.0237. The summed E-state index contributed by atoms with van der Waals surface area (Å²) in [5.41, 5.74) is 1.57. The van der Waals surface area contributed by atoms with Crippen LogP contribution in [0.25, 0.3) is 11.0 Å². The van der Waals surface area contributed by atoms with Crippen molar-refractivity contribution in [1.82, 2.24) is 29.1 Å². The number of nitrogens with zero attached hydrogens (tertiary/aromatic N) is 7. The van der Waals surface area contributed by atoms with Gasteiger partial charge < -0.3 is 33.7 Å². The van der Waals surface area contributed by atoms with Crippen LogP contribution in [-0.4, -0.2) is 130 Å². The van der Waals surface area contributed by atoms with E-state index in [0.717, 1.165) is 11.0 Å². The van der Waals surface area contributed by atoms with Crippen molar-refractivity contribution in [1.29, 1.82) is 0 Å². The van der Waals surface area contributed by atoms with E-state index in [2.05, 4.69) is 20.6 Å². The molecule has 0 saturated carbocycles. The second-order valence-corrected chi connectivity index (χ2v) is 15.9. The van der Waals surface area contributed by atoms with Crippen molar-refractivity contribution in [3.05, 3.63) is 75.1 Å². The van der Waals surface area contributed by atoms with Crippen LogP contribution in [-0.2, 0) is 27.3 Å². The second-order valence-electron chi connectivity index (χ2n) is 15.0. The van der Waals surface area contributed by atoms with Crippen LogP contribution in [0.4, 0.5) is 22.1 Å². The molecule has 19 nitrogen and oxygen atoms in total. The summed E-state index contributed by atoms with van der Waals surface area (Å²) in [4.78, 5) is 72.1. The normalized spacial score (nSPS) is 13.3. The van der Waals surface area contributed by atoms with Crippen molar-refractivity contribution < 1.29 is 43.0 Å². The van der Waals surface area contributed by atoms with E-state index in [1.807, 2.05) is 34.0 Å². The fourth-order valence-electron chi connectivity index (χ4n) is 6.68. The molecule has 1 saturated heterocycles. The molecule has 5 rings (SSSR count). The molecular weight excluding hydrogens is 811 g/mol. The number of nitro groups is 1. The number of carbonyl (C=O) groups is 4. The molecule has 1 aliphatic rings. The molecule has 2 amide bonds. The maximum atomic E-state index is 13.5. The van der Waals surface area contributed by atoms with Gasteiger partial charge in [0.2, 0.25) is 5.95 Å². The third kappa shape index (κ3) is 11.6. The third-order valence-corrected chi connectivity index (χ3v) is 10.3. The van der Waals surface area contributed by atoms with Crippen LogP contribution in [0.1, 0.15) is 71.0 Å². The number of fused-ring (bicyclic) bond motifs is 1. The summed E-state index contributed by atoms with van der Waals surface area (Å²) in [6.07, 6.45) is 5.65. The van der Waals surface area contributed by atoms with E-state index in [0.29, 0.717) is 73.7 Å². The smallest absolute Gasteiger partial charge is 0.410 e. The van der Waals surface area contributed by atoms with Gasteiger partial charge in [-0.1, -0.05) is 12.2 Å². The Kier molecular flexibility index (Phi) is 15.4. The van der Waals surface area contributed by atoms with Crippen molar-refractivity contribution in [2.45, 2.75) is 64.6 Å². The Morgan fingerprint density at radius 1 is 0.984 bits per heavy atom. The van der Waals surface area contributed by atoms with Gasteiger partial charge in [-0.15, -0.1) is 11.8 Å². The number of hydrogen-bond donors (Lipinski definition) is 2. The summed E-state index contributed by atoms with van der Waals surface area (Å²) in [6, 6.07) is 7.54. The highest BCUT2D eigenvalue weighted by Crippen LogP contribution is 2.37. The number of allylic oxidation sites excluding steroid dienone is 1. The van der Waals surface area contributed by atoms with Gasteiger partial charge in [0, 0.05) is 63.3 Å². The van der Waals surface area contributed by atoms with Gasteiger partial charge in [-0.2, -0.15) is 5.10 Å². The molecule has 0 bridgehead atoms. The number of ether oxygens (including phenoxy) is 4. The van der Waals surface area contributed by atoms with Crippen molar-refractivity contribution in [3.8, 4) is 5.75 Å². The van der Waals surface area contributed by atoms with Gasteiger partial charge in [0.25, 0.3) is 11.6 Å². The molecule has 0 atom stereocenters. The molecule has 1 fully saturated rings. The number of amides is 2. The summed E-state index contributed by atoms with van der Waals surface area (Å²) in [7, 11) is 2.49. The van der Waals surface area contributed by atoms with E-state index >= 15 is 0 Å². The Morgan fingerprint density at radius 3 is 2.30 bits per heavy atom. The summed E-state index contributed by atoms with van der Waals surface area (Å²) in [6.45, 7) is 13.2. The predicted molar refractivity (Wildman–Crippen MR) is 230 cm³/mol. The number of rotatable bonds is 17. The Labute approximate surface area is 357 Å². The first-order valence-electron chi connectivity index (χ1n) is 19.7. The number of hydrogen-bond acceptors (Lipinski definition) is 15. The minimum Gasteiger partial charge on any atom is -0.491 e. The van der Waals surface area contributed by atoms with Crippen molar-refractivity contribution in [2.75, 3.05) is 77.0 Å². The molecule has 61 heavy (non-hydrogen) atoms. The van der Waals surface area contributed by atoms with Crippen molar-refractivity contribution in [2.24, 2.45) is 0 Å². The van der Waals surface area contributed by atoms with E-state index in [-0.39, 0.29) is 54.4 Å². The fraction of sp³-hybridized carbons (Fsp3) is 0.463. The second kappa shape index (κ2) is 20.4. The number of aryl methyl sites for hydroxylation is 2. The molecule has 0 spiro atoms. The number of benzene rings is 2. The minimum absolute atomic E-state index is 0.0396. The Hall–Kier alpha value is -6.15. The SMILES string of the molecule is CCn1nc(C)cc1C(=O)Nc1nc2cc(C(=O)OC)cc(SC)c2n1C/C=C/CNc1c(OCCCN2CCN(C(=O)OC(C)(C)C)CC2)cc(C(=O)OC)cc1[N+](=O)[O-]. The van der Waals surface area contributed by atoms with Crippen LogP contribution in [0.15, 0.2) is 47.4 Å². The highest BCUT2D eigenvalue weighted by molar-refractivity contribution is 7.98. The molecule has 0 aliphatic carbocycles. The van der Waals surface area contributed by atoms with Gasteiger partial charge in [-0.05, 0) is 71.6 Å². The topological polar surface area (TPSA) is 215 Å². The molecule has 0 unspecified atom stereocenters. The van der Waals surface area contributed by atoms with Gasteiger partial charge in [-0.3, -0.25) is 29.8 Å². The first-order chi connectivity index (χ1) is 29.1. The molecule has 0 radical (unpaired) electrons. The van der Waals surface area contributed by atoms with Crippen LogP contribution in [0, 0.1) is 17.0 Å². The minimum atomic E-state index is -0.754. The maximum absolute atomic E-state index is 13.5. The summed E-state index contributed by atoms with van der Waals surface area (Å²) in [5, 5.41) is 22.7. The van der Waals surface area contributed by atoms with Crippen LogP contribution in [0.5, 0.6) is 5.75 Å². The van der Waals surface area contributed by atoms with Crippen LogP contribution in [0.2, 0.25) is 0 Å². The highest BCUT2D eigenvalue weighted by atomic mass is 32.2. The van der Waals surface area contributed by atoms with Crippen molar-refractivity contribution >= 4 is 64.1 Å². The largest absolute Gasteiger partial charge is 0.491 e. The number of nitro benzene ring substituents is 1. The van der Waals surface area contributed by atoms with Gasteiger partial charge in [0.15, 0.2) is 5.69 Å². The van der Waals surface area contributed by atoms with Crippen LogP contribution >= 0.6 is 11.8 Å². The summed E-state index contributed by atoms with van der Waals surface area (Å²) in [5.74, 6) is -1.37. The number of methoxy groups -OCH3 is 2. The van der Waals surface area contributed by atoms with Gasteiger partial charge in [-0.25, -0.2) is 19.4 Å². The lowest BCUT2D eigenvalue weighted by Crippen LogP contribution is -2.50. The Morgan fingerprint density at radius 2 is 1.67 bits per heavy atom. The lowest BCUT2D eigenvalue weighted by Gasteiger charge is -2.35. The lowest BCUT2D eigenvalue weighted by atomic mass is 10.1. The van der Waals surface area contributed by atoms with Gasteiger partial charge in [0.1, 0.15) is 17.0 Å². The number of nitrogens with one attached hydrogen (secondary N) is 2. The number of piperazine rings is 1. The molecule has 2 aromatic carbocycles. The average Bonchev–Trinajstić information content (AvgIpc) is 3.79. The zero-order chi connectivity index (χ0) is 44.4. The summed E-state index contributed by atoms with van der Waals surface area (Å²) >= 11 is 1.40. The standard InChI is InChI=1S/C41H53N9O10S/c1-9-49-31(21-26(2)45-49)36(51)44-39-43-29-22-27(37(52)57-6)25-33(61-8)35(29)48(39)15-11-10-13-42-34-30(50(55)56)23-28(38(53)58-7)24-32(34)59-20-12-14-46-16-18-47(19-17-46)40(54)60-41(3,4)5/h10-11,21-25,42H,9,12-20H2,1-8H3,(H,43,44,51)/b11-10+. The number of esters is 2. The van der Waals surface area contributed by atoms with E-state index < -0.39 is 28.4 Å². The van der Waals surface area contributed by atoms with Crippen LogP contribution in [0.3, 0.4) is 0 Å². The van der Waals surface area contributed by atoms with E-state index in [4.69, 9.17) is 23.9 Å².